The van der Waals surface area contributed by atoms with Crippen molar-refractivity contribution in [1.82, 2.24) is 15.0 Å². The topological polar surface area (TPSA) is 130 Å². The molecule has 3 aromatic heterocycles. The molecule has 5 rings (SSSR count). The Labute approximate surface area is 208 Å². The van der Waals surface area contributed by atoms with Crippen LogP contribution >= 0.6 is 0 Å². The molecule has 10 nitrogen and oxygen atoms in total. The number of pyridine rings is 2. The van der Waals surface area contributed by atoms with Crippen molar-refractivity contribution in [3.63, 3.8) is 0 Å². The first kappa shape index (κ1) is 23.5. The highest BCUT2D eigenvalue weighted by atomic mass is 32.2. The van der Waals surface area contributed by atoms with E-state index in [1.54, 1.807) is 53.8 Å². The number of hydrogen-bond donors (Lipinski definition) is 2. The molecular weight excluding hydrogens is 480 g/mol. The van der Waals surface area contributed by atoms with Gasteiger partial charge in [0, 0.05) is 36.2 Å². The van der Waals surface area contributed by atoms with Crippen molar-refractivity contribution < 1.29 is 17.6 Å². The largest absolute Gasteiger partial charge is 0.443 e. The summed E-state index contributed by atoms with van der Waals surface area (Å²) in [6, 6.07) is 11.5. The smallest absolute Gasteiger partial charge is 0.327 e. The number of carbonyl (C=O) groups excluding carboxylic acids is 1. The van der Waals surface area contributed by atoms with E-state index in [0.717, 1.165) is 0 Å². The summed E-state index contributed by atoms with van der Waals surface area (Å²) in [5.74, 6) is 0.998. The van der Waals surface area contributed by atoms with Gasteiger partial charge in [0.15, 0.2) is 27.8 Å². The second-order valence-electron chi connectivity index (χ2n) is 8.56. The lowest BCUT2D eigenvalue weighted by Crippen LogP contribution is -2.42. The van der Waals surface area contributed by atoms with Gasteiger partial charge < -0.3 is 15.1 Å². The Morgan fingerprint density at radius 2 is 1.97 bits per heavy atom. The molecule has 1 aromatic carbocycles. The first-order valence-corrected chi connectivity index (χ1v) is 13.2. The zero-order valence-electron chi connectivity index (χ0n) is 19.7. The molecule has 0 saturated carbocycles. The maximum absolute atomic E-state index is 13.5. The van der Waals surface area contributed by atoms with Crippen LogP contribution in [0.4, 0.5) is 22.0 Å². The highest BCUT2D eigenvalue weighted by Gasteiger charge is 2.29. The first-order chi connectivity index (χ1) is 17.3. The molecule has 0 spiro atoms. The predicted molar refractivity (Wildman–Crippen MR) is 137 cm³/mol. The monoisotopic (exact) mass is 504 g/mol. The molecule has 1 atom stereocenters. The molecule has 0 radical (unpaired) electrons. The van der Waals surface area contributed by atoms with Crippen molar-refractivity contribution in [3.05, 3.63) is 67.4 Å². The standard InChI is InChI=1S/C25H24N6O4S/c1-16-8-9-28-22-7-6-21(17-4-3-5-20(11-17)36(2,33)34)30-24(22)31(16)25(32)29-19-10-18(12-26-13-19)23-14-27-15-35-23/h3-7,10-16,28H,8-9H2,1-2H3,(H,29,32)/t16-/m1/s1. The minimum absolute atomic E-state index is 0.158. The van der Waals surface area contributed by atoms with Crippen molar-refractivity contribution >= 4 is 33.1 Å². The van der Waals surface area contributed by atoms with E-state index in [4.69, 9.17) is 9.40 Å². The molecule has 1 aliphatic heterocycles. The SMILES string of the molecule is C[C@@H]1CCNc2ccc(-c3cccc(S(C)(=O)=O)c3)nc2N1C(=O)Nc1cncc(-c2cnco2)c1. The molecule has 4 aromatic rings. The van der Waals surface area contributed by atoms with Crippen molar-refractivity contribution in [1.29, 1.82) is 0 Å². The van der Waals surface area contributed by atoms with E-state index in [1.807, 2.05) is 19.1 Å². The molecule has 36 heavy (non-hydrogen) atoms. The van der Waals surface area contributed by atoms with Crippen LogP contribution in [0.15, 0.2) is 76.8 Å². The summed E-state index contributed by atoms with van der Waals surface area (Å²) in [5, 5.41) is 6.25. The average molecular weight is 505 g/mol. The zero-order valence-corrected chi connectivity index (χ0v) is 20.5. The van der Waals surface area contributed by atoms with Crippen LogP contribution < -0.4 is 15.5 Å². The predicted octanol–water partition coefficient (Wildman–Crippen LogP) is 4.44. The molecular formula is C25H24N6O4S. The van der Waals surface area contributed by atoms with Gasteiger partial charge >= 0.3 is 6.03 Å². The third kappa shape index (κ3) is 4.78. The maximum Gasteiger partial charge on any atom is 0.327 e. The number of fused-ring (bicyclic) bond motifs is 1. The van der Waals surface area contributed by atoms with Gasteiger partial charge in [-0.1, -0.05) is 12.1 Å². The van der Waals surface area contributed by atoms with Crippen molar-refractivity contribution in [2.45, 2.75) is 24.3 Å². The van der Waals surface area contributed by atoms with Crippen LogP contribution in [0, 0.1) is 0 Å². The lowest BCUT2D eigenvalue weighted by Gasteiger charge is -2.27. The van der Waals surface area contributed by atoms with Crippen LogP contribution in [0.1, 0.15) is 13.3 Å². The highest BCUT2D eigenvalue weighted by Crippen LogP contribution is 2.33. The number of benzene rings is 1. The number of hydrogen-bond acceptors (Lipinski definition) is 8. The minimum Gasteiger partial charge on any atom is -0.443 e. The number of nitrogens with one attached hydrogen (secondary N) is 2. The van der Waals surface area contributed by atoms with Gasteiger partial charge in [-0.2, -0.15) is 0 Å². The quantitative estimate of drug-likeness (QED) is 0.417. The van der Waals surface area contributed by atoms with Gasteiger partial charge in [0.05, 0.1) is 34.4 Å². The van der Waals surface area contributed by atoms with E-state index in [0.29, 0.717) is 52.7 Å². The van der Waals surface area contributed by atoms with E-state index in [1.165, 1.54) is 12.6 Å². The normalized spacial score (nSPS) is 15.5. The summed E-state index contributed by atoms with van der Waals surface area (Å²) in [7, 11) is -3.38. The average Bonchev–Trinajstić information content (AvgIpc) is 3.34. The Morgan fingerprint density at radius 3 is 2.75 bits per heavy atom. The van der Waals surface area contributed by atoms with Crippen LogP contribution in [-0.4, -0.2) is 48.2 Å². The molecule has 0 aliphatic carbocycles. The number of oxazole rings is 1. The first-order valence-electron chi connectivity index (χ1n) is 11.3. The summed E-state index contributed by atoms with van der Waals surface area (Å²) < 4.78 is 29.4. The number of sulfone groups is 1. The van der Waals surface area contributed by atoms with E-state index < -0.39 is 9.84 Å². The molecule has 1 aliphatic rings. The van der Waals surface area contributed by atoms with Gasteiger partial charge in [-0.05, 0) is 43.7 Å². The summed E-state index contributed by atoms with van der Waals surface area (Å²) in [4.78, 5) is 28.3. The Kier molecular flexibility index (Phi) is 6.15. The molecule has 0 fully saturated rings. The van der Waals surface area contributed by atoms with Crippen molar-refractivity contribution in [3.8, 4) is 22.6 Å². The van der Waals surface area contributed by atoms with E-state index in [-0.39, 0.29) is 17.0 Å². The number of nitrogens with zero attached hydrogens (tertiary/aromatic N) is 4. The molecule has 2 N–H and O–H groups in total. The Bertz CT molecular complexity index is 1520. The molecule has 0 bridgehead atoms. The number of anilines is 3. The molecule has 4 heterocycles. The molecule has 0 saturated heterocycles. The third-order valence-electron chi connectivity index (χ3n) is 5.90. The fraction of sp³-hybridized carbons (Fsp3) is 0.200. The van der Waals surface area contributed by atoms with Gasteiger partial charge in [0.1, 0.15) is 0 Å². The van der Waals surface area contributed by atoms with Crippen LogP contribution in [-0.2, 0) is 9.84 Å². The van der Waals surface area contributed by atoms with Gasteiger partial charge in [-0.15, -0.1) is 0 Å². The summed E-state index contributed by atoms with van der Waals surface area (Å²) >= 11 is 0. The van der Waals surface area contributed by atoms with Crippen LogP contribution in [0.2, 0.25) is 0 Å². The Balaban J connectivity index is 1.49. The third-order valence-corrected chi connectivity index (χ3v) is 7.01. The molecule has 184 valence electrons. The number of carbonyl (C=O) groups is 1. The second kappa shape index (κ2) is 9.42. The lowest BCUT2D eigenvalue weighted by molar-refractivity contribution is 0.255. The Hall–Kier alpha value is -4.25. The summed E-state index contributed by atoms with van der Waals surface area (Å²) in [6.45, 7) is 2.63. The van der Waals surface area contributed by atoms with E-state index in [2.05, 4.69) is 20.6 Å². The minimum atomic E-state index is -3.38. The number of rotatable bonds is 4. The Morgan fingerprint density at radius 1 is 1.11 bits per heavy atom. The van der Waals surface area contributed by atoms with Crippen LogP contribution in [0.25, 0.3) is 22.6 Å². The summed E-state index contributed by atoms with van der Waals surface area (Å²) in [5.41, 5.74) is 3.09. The number of amides is 2. The fourth-order valence-corrected chi connectivity index (χ4v) is 4.72. The highest BCUT2D eigenvalue weighted by molar-refractivity contribution is 7.90. The fourth-order valence-electron chi connectivity index (χ4n) is 4.05. The van der Waals surface area contributed by atoms with E-state index >= 15 is 0 Å². The lowest BCUT2D eigenvalue weighted by atomic mass is 10.1. The molecule has 2 amide bonds. The molecule has 11 heteroatoms. The van der Waals surface area contributed by atoms with Crippen LogP contribution in [0.3, 0.4) is 0 Å². The number of urea groups is 1. The maximum atomic E-state index is 13.5. The van der Waals surface area contributed by atoms with Crippen molar-refractivity contribution in [2.24, 2.45) is 0 Å². The van der Waals surface area contributed by atoms with Gasteiger partial charge in [0.25, 0.3) is 0 Å². The number of aromatic nitrogens is 3. The van der Waals surface area contributed by atoms with Gasteiger partial charge in [-0.3, -0.25) is 9.88 Å². The zero-order chi connectivity index (χ0) is 25.3. The van der Waals surface area contributed by atoms with Crippen molar-refractivity contribution in [2.75, 3.05) is 28.3 Å². The summed E-state index contributed by atoms with van der Waals surface area (Å²) in [6.07, 6.45) is 7.96. The second-order valence-corrected chi connectivity index (χ2v) is 10.6. The molecule has 0 unspecified atom stereocenters. The van der Waals surface area contributed by atoms with Gasteiger partial charge in [0.2, 0.25) is 0 Å². The van der Waals surface area contributed by atoms with E-state index in [9.17, 15) is 13.2 Å². The van der Waals surface area contributed by atoms with Crippen LogP contribution in [0.5, 0.6) is 0 Å². The van der Waals surface area contributed by atoms with Gasteiger partial charge in [-0.25, -0.2) is 23.2 Å².